The Balaban J connectivity index is 1.52. The third-order valence-electron chi connectivity index (χ3n) is 6.44. The van der Waals surface area contributed by atoms with E-state index in [1.54, 1.807) is 12.1 Å². The zero-order chi connectivity index (χ0) is 19.1. The molecule has 1 spiro atoms. The van der Waals surface area contributed by atoms with Gasteiger partial charge >= 0.3 is 0 Å². The van der Waals surface area contributed by atoms with Gasteiger partial charge in [0.1, 0.15) is 5.75 Å². The number of nitrogens with one attached hydrogen (secondary N) is 2. The molecule has 6 nitrogen and oxygen atoms in total. The first kappa shape index (κ1) is 17.6. The predicted molar refractivity (Wildman–Crippen MR) is 110 cm³/mol. The van der Waals surface area contributed by atoms with Crippen LogP contribution in [0.25, 0.3) is 22.3 Å². The number of aromatic amines is 1. The van der Waals surface area contributed by atoms with E-state index in [9.17, 15) is 5.11 Å². The molecule has 3 N–H and O–H groups in total. The van der Waals surface area contributed by atoms with E-state index in [2.05, 4.69) is 33.4 Å². The van der Waals surface area contributed by atoms with Crippen LogP contribution in [0.15, 0.2) is 30.3 Å². The van der Waals surface area contributed by atoms with Crippen molar-refractivity contribution in [2.45, 2.75) is 32.7 Å². The van der Waals surface area contributed by atoms with Crippen molar-refractivity contribution in [1.29, 1.82) is 0 Å². The number of pyridine rings is 1. The van der Waals surface area contributed by atoms with E-state index in [4.69, 9.17) is 4.98 Å². The van der Waals surface area contributed by atoms with Crippen LogP contribution >= 0.6 is 0 Å². The Morgan fingerprint density at radius 2 is 2.07 bits per heavy atom. The fraction of sp³-hybridized carbons (Fsp3) is 0.455. The van der Waals surface area contributed by atoms with Gasteiger partial charge in [-0.25, -0.2) is 4.98 Å². The zero-order valence-corrected chi connectivity index (χ0v) is 16.3. The van der Waals surface area contributed by atoms with Crippen molar-refractivity contribution in [3.05, 3.63) is 41.6 Å². The van der Waals surface area contributed by atoms with Crippen molar-refractivity contribution in [3.8, 4) is 17.0 Å². The molecule has 0 amide bonds. The Morgan fingerprint density at radius 1 is 1.21 bits per heavy atom. The fourth-order valence-electron chi connectivity index (χ4n) is 4.88. The molecule has 1 unspecified atom stereocenters. The van der Waals surface area contributed by atoms with Crippen molar-refractivity contribution in [2.75, 3.05) is 26.2 Å². The number of rotatable bonds is 4. The Morgan fingerprint density at radius 3 is 2.82 bits per heavy atom. The number of nitrogens with zero attached hydrogens (tertiary/aromatic N) is 3. The topological polar surface area (TPSA) is 77.1 Å². The fourth-order valence-corrected chi connectivity index (χ4v) is 4.88. The minimum Gasteiger partial charge on any atom is -0.508 e. The molecular formula is C22H27N5O. The Kier molecular flexibility index (Phi) is 4.33. The van der Waals surface area contributed by atoms with Crippen LogP contribution in [0.5, 0.6) is 5.75 Å². The highest BCUT2D eigenvalue weighted by molar-refractivity contribution is 5.84. The molecule has 2 aliphatic rings. The number of aryl methyl sites for hydroxylation is 1. The quantitative estimate of drug-likeness (QED) is 0.651. The predicted octanol–water partition coefficient (Wildman–Crippen LogP) is 3.08. The van der Waals surface area contributed by atoms with Gasteiger partial charge in [0.2, 0.25) is 0 Å². The van der Waals surface area contributed by atoms with Crippen molar-refractivity contribution >= 4 is 11.0 Å². The number of aromatic hydroxyl groups is 1. The second kappa shape index (κ2) is 6.87. The molecule has 0 radical (unpaired) electrons. The normalized spacial score (nSPS) is 22.6. The van der Waals surface area contributed by atoms with Gasteiger partial charge in [-0.3, -0.25) is 10.00 Å². The molecule has 0 bridgehead atoms. The average molecular weight is 377 g/mol. The van der Waals surface area contributed by atoms with E-state index in [1.165, 1.54) is 23.8 Å². The number of benzene rings is 1. The molecule has 2 fully saturated rings. The summed E-state index contributed by atoms with van der Waals surface area (Å²) < 4.78 is 0. The Hall–Kier alpha value is -2.44. The minimum absolute atomic E-state index is 0.269. The van der Waals surface area contributed by atoms with E-state index >= 15 is 0 Å². The Bertz CT molecular complexity index is 988. The second-order valence-electron chi connectivity index (χ2n) is 8.36. The van der Waals surface area contributed by atoms with Crippen LogP contribution in [0.1, 0.15) is 31.0 Å². The number of hydrogen-bond acceptors (Lipinski definition) is 5. The molecule has 146 valence electrons. The lowest BCUT2D eigenvalue weighted by Gasteiger charge is -2.23. The summed E-state index contributed by atoms with van der Waals surface area (Å²) in [6.45, 7) is 7.70. The van der Waals surface area contributed by atoms with Crippen molar-refractivity contribution in [3.63, 3.8) is 0 Å². The van der Waals surface area contributed by atoms with Gasteiger partial charge in [0, 0.05) is 36.3 Å². The van der Waals surface area contributed by atoms with Crippen LogP contribution in [-0.2, 0) is 13.0 Å². The first-order chi connectivity index (χ1) is 13.7. The maximum Gasteiger partial charge on any atom is 0.182 e. The van der Waals surface area contributed by atoms with Crippen LogP contribution < -0.4 is 5.32 Å². The first-order valence-corrected chi connectivity index (χ1v) is 10.3. The minimum atomic E-state index is 0.269. The SMILES string of the molecule is CCc1[nH]nc2nc(-c3ccc(O)cc3)cc(CN3CCC4(CCNC4)C3)c12. The number of hydrogen-bond donors (Lipinski definition) is 3. The summed E-state index contributed by atoms with van der Waals surface area (Å²) in [5, 5.41) is 22.0. The maximum absolute atomic E-state index is 9.61. The van der Waals surface area contributed by atoms with E-state index < -0.39 is 0 Å². The van der Waals surface area contributed by atoms with Crippen LogP contribution in [0.4, 0.5) is 0 Å². The number of aromatic nitrogens is 3. The van der Waals surface area contributed by atoms with Gasteiger partial charge in [-0.2, -0.15) is 5.10 Å². The molecular weight excluding hydrogens is 350 g/mol. The molecule has 2 saturated heterocycles. The molecule has 1 atom stereocenters. The molecule has 0 saturated carbocycles. The van der Waals surface area contributed by atoms with E-state index in [-0.39, 0.29) is 5.75 Å². The number of phenols is 1. The molecule has 3 aromatic rings. The largest absolute Gasteiger partial charge is 0.508 e. The van der Waals surface area contributed by atoms with Crippen molar-refractivity contribution in [1.82, 2.24) is 25.4 Å². The number of H-pyrrole nitrogens is 1. The molecule has 4 heterocycles. The van der Waals surface area contributed by atoms with Crippen molar-refractivity contribution < 1.29 is 5.11 Å². The van der Waals surface area contributed by atoms with Gasteiger partial charge in [-0.1, -0.05) is 6.92 Å². The van der Waals surface area contributed by atoms with Gasteiger partial charge in [0.25, 0.3) is 0 Å². The van der Waals surface area contributed by atoms with Gasteiger partial charge in [0.15, 0.2) is 5.65 Å². The summed E-state index contributed by atoms with van der Waals surface area (Å²) in [7, 11) is 0. The van der Waals surface area contributed by atoms with E-state index in [0.29, 0.717) is 5.41 Å². The molecule has 28 heavy (non-hydrogen) atoms. The zero-order valence-electron chi connectivity index (χ0n) is 16.3. The lowest BCUT2D eigenvalue weighted by atomic mass is 9.86. The lowest BCUT2D eigenvalue weighted by Crippen LogP contribution is -2.29. The molecule has 2 aromatic heterocycles. The molecule has 0 aliphatic carbocycles. The van der Waals surface area contributed by atoms with Gasteiger partial charge < -0.3 is 10.4 Å². The van der Waals surface area contributed by atoms with Gasteiger partial charge in [0.05, 0.1) is 5.69 Å². The first-order valence-electron chi connectivity index (χ1n) is 10.3. The summed E-state index contributed by atoms with van der Waals surface area (Å²) in [6.07, 6.45) is 3.49. The summed E-state index contributed by atoms with van der Waals surface area (Å²) in [6, 6.07) is 9.45. The second-order valence-corrected chi connectivity index (χ2v) is 8.36. The third kappa shape index (κ3) is 3.06. The monoisotopic (exact) mass is 377 g/mol. The summed E-state index contributed by atoms with van der Waals surface area (Å²) in [4.78, 5) is 7.39. The summed E-state index contributed by atoms with van der Waals surface area (Å²) in [5.74, 6) is 0.269. The lowest BCUT2D eigenvalue weighted by molar-refractivity contribution is 0.269. The standard InChI is InChI=1S/C22H27N5O/c1-2-18-20-16(12-27-10-8-22(14-27)7-9-23-13-22)11-19(24-21(20)26-25-18)15-3-5-17(28)6-4-15/h3-6,11,23,28H,2,7-10,12-14H2,1H3,(H,24,25,26). The van der Waals surface area contributed by atoms with Crippen LogP contribution in [0.3, 0.4) is 0 Å². The van der Waals surface area contributed by atoms with E-state index in [0.717, 1.165) is 61.7 Å². The van der Waals surface area contributed by atoms with Crippen LogP contribution in [0, 0.1) is 5.41 Å². The highest BCUT2D eigenvalue weighted by Gasteiger charge is 2.40. The molecule has 6 heteroatoms. The van der Waals surface area contributed by atoms with Crippen LogP contribution in [-0.4, -0.2) is 51.4 Å². The van der Waals surface area contributed by atoms with Gasteiger partial charge in [-0.15, -0.1) is 0 Å². The average Bonchev–Trinajstić information content (AvgIpc) is 3.43. The number of fused-ring (bicyclic) bond motifs is 1. The smallest absolute Gasteiger partial charge is 0.182 e. The highest BCUT2D eigenvalue weighted by Crippen LogP contribution is 2.37. The Labute approximate surface area is 165 Å². The number of likely N-dealkylation sites (tertiary alicyclic amines) is 1. The van der Waals surface area contributed by atoms with E-state index in [1.807, 2.05) is 12.1 Å². The summed E-state index contributed by atoms with van der Waals surface area (Å²) >= 11 is 0. The molecule has 2 aliphatic heterocycles. The highest BCUT2D eigenvalue weighted by atomic mass is 16.3. The van der Waals surface area contributed by atoms with Crippen LogP contribution in [0.2, 0.25) is 0 Å². The maximum atomic E-state index is 9.61. The summed E-state index contributed by atoms with van der Waals surface area (Å²) in [5.41, 5.74) is 5.62. The van der Waals surface area contributed by atoms with Crippen molar-refractivity contribution in [2.24, 2.45) is 5.41 Å². The third-order valence-corrected chi connectivity index (χ3v) is 6.44. The molecule has 5 rings (SSSR count). The number of phenolic OH excluding ortho intramolecular Hbond substituents is 1. The van der Waals surface area contributed by atoms with Gasteiger partial charge in [-0.05, 0) is 73.7 Å². The molecule has 1 aromatic carbocycles.